The average Bonchev–Trinajstić information content (AvgIpc) is 3.03. The quantitative estimate of drug-likeness (QED) is 0.621. The number of amides is 2. The zero-order chi connectivity index (χ0) is 14.7. The fourth-order valence-corrected chi connectivity index (χ4v) is 2.91. The first-order valence-corrected chi connectivity index (χ1v) is 6.97. The third-order valence-electron chi connectivity index (χ3n) is 4.05. The monoisotopic (exact) mass is 284 g/mol. The van der Waals surface area contributed by atoms with Gasteiger partial charge in [-0.1, -0.05) is 12.8 Å². The number of hydrogen-bond donors (Lipinski definition) is 3. The number of nitrogens with zero attached hydrogens (tertiary/aromatic N) is 1. The summed E-state index contributed by atoms with van der Waals surface area (Å²) in [5.41, 5.74) is 0. The Labute approximate surface area is 116 Å². The van der Waals surface area contributed by atoms with Crippen LogP contribution in [0.1, 0.15) is 32.1 Å². The Hall–Kier alpha value is -1.63. The predicted molar refractivity (Wildman–Crippen MR) is 68.7 cm³/mol. The average molecular weight is 284 g/mol. The Bertz CT molecular complexity index is 406. The van der Waals surface area contributed by atoms with Crippen LogP contribution in [0.15, 0.2) is 0 Å². The molecule has 1 saturated heterocycles. The Morgan fingerprint density at radius 2 is 2.00 bits per heavy atom. The zero-order valence-electron chi connectivity index (χ0n) is 11.2. The summed E-state index contributed by atoms with van der Waals surface area (Å²) in [6.07, 6.45) is 2.80. The molecule has 3 N–H and O–H groups in total. The van der Waals surface area contributed by atoms with Gasteiger partial charge < -0.3 is 20.4 Å². The Balaban J connectivity index is 1.83. The van der Waals surface area contributed by atoms with Crippen LogP contribution in [0.4, 0.5) is 0 Å². The highest BCUT2D eigenvalue weighted by molar-refractivity contribution is 5.89. The van der Waals surface area contributed by atoms with E-state index in [1.54, 1.807) is 4.90 Å². The van der Waals surface area contributed by atoms with Gasteiger partial charge in [-0.25, -0.2) is 4.79 Å². The van der Waals surface area contributed by atoms with Crippen LogP contribution in [0.5, 0.6) is 0 Å². The molecule has 1 saturated carbocycles. The van der Waals surface area contributed by atoms with Crippen LogP contribution >= 0.6 is 0 Å². The summed E-state index contributed by atoms with van der Waals surface area (Å²) in [4.78, 5) is 36.0. The van der Waals surface area contributed by atoms with E-state index in [4.69, 9.17) is 10.2 Å². The van der Waals surface area contributed by atoms with Crippen LogP contribution in [0.3, 0.4) is 0 Å². The molecular formula is C13H20N2O5. The lowest BCUT2D eigenvalue weighted by molar-refractivity contribution is -0.146. The number of aliphatic hydroxyl groups excluding tert-OH is 1. The third kappa shape index (κ3) is 3.27. The Morgan fingerprint density at radius 1 is 1.35 bits per heavy atom. The second kappa shape index (κ2) is 6.21. The van der Waals surface area contributed by atoms with Crippen molar-refractivity contribution in [3.63, 3.8) is 0 Å². The van der Waals surface area contributed by atoms with Gasteiger partial charge in [-0.3, -0.25) is 9.59 Å². The molecule has 0 aromatic heterocycles. The van der Waals surface area contributed by atoms with E-state index < -0.39 is 18.0 Å². The van der Waals surface area contributed by atoms with Gasteiger partial charge in [0, 0.05) is 19.0 Å². The lowest BCUT2D eigenvalue weighted by Gasteiger charge is -2.23. The molecule has 2 rings (SSSR count). The van der Waals surface area contributed by atoms with E-state index in [0.717, 1.165) is 25.7 Å². The van der Waals surface area contributed by atoms with Crippen molar-refractivity contribution in [1.29, 1.82) is 0 Å². The van der Waals surface area contributed by atoms with Crippen LogP contribution in [0.2, 0.25) is 0 Å². The fourth-order valence-electron chi connectivity index (χ4n) is 2.91. The molecule has 1 aliphatic carbocycles. The molecule has 0 aromatic carbocycles. The minimum Gasteiger partial charge on any atom is -0.479 e. The predicted octanol–water partition coefficient (Wildman–Crippen LogP) is -0.661. The molecular weight excluding hydrogens is 264 g/mol. The summed E-state index contributed by atoms with van der Waals surface area (Å²) >= 11 is 0. The van der Waals surface area contributed by atoms with Crippen LogP contribution in [-0.4, -0.2) is 58.1 Å². The number of aliphatic carboxylic acids is 1. The minimum atomic E-state index is -1.61. The van der Waals surface area contributed by atoms with Crippen molar-refractivity contribution >= 4 is 17.8 Å². The van der Waals surface area contributed by atoms with E-state index >= 15 is 0 Å². The molecule has 112 valence electrons. The number of carboxylic acid groups (broad SMARTS) is 1. The SMILES string of the molecule is O=C(O)C(O)CNC(=O)C1CC(=O)N(C2CCCC2)C1. The van der Waals surface area contributed by atoms with Crippen molar-refractivity contribution in [3.05, 3.63) is 0 Å². The first-order valence-electron chi connectivity index (χ1n) is 6.97. The maximum atomic E-state index is 11.9. The smallest absolute Gasteiger partial charge is 0.334 e. The number of carboxylic acids is 1. The molecule has 7 nitrogen and oxygen atoms in total. The van der Waals surface area contributed by atoms with Crippen molar-refractivity contribution in [3.8, 4) is 0 Å². The largest absolute Gasteiger partial charge is 0.479 e. The van der Waals surface area contributed by atoms with Crippen molar-refractivity contribution in [2.75, 3.05) is 13.1 Å². The summed E-state index contributed by atoms with van der Waals surface area (Å²) < 4.78 is 0. The van der Waals surface area contributed by atoms with Gasteiger partial charge >= 0.3 is 5.97 Å². The molecule has 0 aromatic rings. The van der Waals surface area contributed by atoms with Crippen molar-refractivity contribution in [1.82, 2.24) is 10.2 Å². The molecule has 2 fully saturated rings. The second-order valence-corrected chi connectivity index (χ2v) is 5.48. The highest BCUT2D eigenvalue weighted by Crippen LogP contribution is 2.29. The standard InChI is InChI=1S/C13H20N2O5/c16-10(13(19)20)6-14-12(18)8-5-11(17)15(7-8)9-3-1-2-4-9/h8-10,16H,1-7H2,(H,14,18)(H,19,20). The van der Waals surface area contributed by atoms with E-state index in [2.05, 4.69) is 5.32 Å². The van der Waals surface area contributed by atoms with Gasteiger partial charge in [0.1, 0.15) is 0 Å². The van der Waals surface area contributed by atoms with E-state index in [1.807, 2.05) is 0 Å². The molecule has 2 aliphatic rings. The van der Waals surface area contributed by atoms with Crippen molar-refractivity contribution in [2.45, 2.75) is 44.2 Å². The molecule has 2 unspecified atom stereocenters. The van der Waals surface area contributed by atoms with Gasteiger partial charge in [-0.2, -0.15) is 0 Å². The highest BCUT2D eigenvalue weighted by atomic mass is 16.4. The third-order valence-corrected chi connectivity index (χ3v) is 4.05. The lowest BCUT2D eigenvalue weighted by atomic mass is 10.1. The summed E-state index contributed by atoms with van der Waals surface area (Å²) in [5, 5.41) is 20.0. The topological polar surface area (TPSA) is 107 Å². The van der Waals surface area contributed by atoms with Crippen LogP contribution in [-0.2, 0) is 14.4 Å². The first-order chi connectivity index (χ1) is 9.49. The van der Waals surface area contributed by atoms with E-state index in [1.165, 1.54) is 0 Å². The number of hydrogen-bond acceptors (Lipinski definition) is 4. The number of nitrogens with one attached hydrogen (secondary N) is 1. The van der Waals surface area contributed by atoms with E-state index in [0.29, 0.717) is 6.54 Å². The van der Waals surface area contributed by atoms with Gasteiger partial charge in [-0.05, 0) is 12.8 Å². The summed E-state index contributed by atoms with van der Waals surface area (Å²) in [6, 6.07) is 0.255. The summed E-state index contributed by atoms with van der Waals surface area (Å²) in [5.74, 6) is -2.18. The molecule has 20 heavy (non-hydrogen) atoms. The number of carbonyl (C=O) groups excluding carboxylic acids is 2. The van der Waals surface area contributed by atoms with Gasteiger partial charge in [0.25, 0.3) is 0 Å². The molecule has 1 heterocycles. The van der Waals surface area contributed by atoms with E-state index in [9.17, 15) is 14.4 Å². The first kappa shape index (κ1) is 14.8. The second-order valence-electron chi connectivity index (χ2n) is 5.48. The van der Waals surface area contributed by atoms with Gasteiger partial charge in [0.05, 0.1) is 12.5 Å². The van der Waals surface area contributed by atoms with Gasteiger partial charge in [0.2, 0.25) is 11.8 Å². The minimum absolute atomic E-state index is 0.00386. The molecule has 7 heteroatoms. The fraction of sp³-hybridized carbons (Fsp3) is 0.769. The molecule has 2 amide bonds. The lowest BCUT2D eigenvalue weighted by Crippen LogP contribution is -2.41. The number of rotatable bonds is 5. The van der Waals surface area contributed by atoms with Crippen LogP contribution < -0.4 is 5.32 Å². The molecule has 2 atom stereocenters. The normalized spacial score (nSPS) is 24.9. The molecule has 0 bridgehead atoms. The summed E-state index contributed by atoms with van der Waals surface area (Å²) in [6.45, 7) is 0.0702. The van der Waals surface area contributed by atoms with E-state index in [-0.39, 0.29) is 30.8 Å². The summed E-state index contributed by atoms with van der Waals surface area (Å²) in [7, 11) is 0. The van der Waals surface area contributed by atoms with Gasteiger partial charge in [0.15, 0.2) is 6.10 Å². The maximum absolute atomic E-state index is 11.9. The number of likely N-dealkylation sites (tertiary alicyclic amines) is 1. The Morgan fingerprint density at radius 3 is 2.60 bits per heavy atom. The molecule has 1 aliphatic heterocycles. The molecule has 0 radical (unpaired) electrons. The molecule has 0 spiro atoms. The maximum Gasteiger partial charge on any atom is 0.334 e. The zero-order valence-corrected chi connectivity index (χ0v) is 11.2. The number of carbonyl (C=O) groups is 3. The highest BCUT2D eigenvalue weighted by Gasteiger charge is 2.38. The van der Waals surface area contributed by atoms with Crippen molar-refractivity contribution in [2.24, 2.45) is 5.92 Å². The van der Waals surface area contributed by atoms with Crippen LogP contribution in [0, 0.1) is 5.92 Å². The van der Waals surface area contributed by atoms with Gasteiger partial charge in [-0.15, -0.1) is 0 Å². The van der Waals surface area contributed by atoms with Crippen LogP contribution in [0.25, 0.3) is 0 Å². The Kier molecular flexibility index (Phi) is 4.59. The number of aliphatic hydroxyl groups is 1. The van der Waals surface area contributed by atoms with Crippen molar-refractivity contribution < 1.29 is 24.6 Å².